The molecule has 0 radical (unpaired) electrons. The summed E-state index contributed by atoms with van der Waals surface area (Å²) in [6.45, 7) is 4.48. The van der Waals surface area contributed by atoms with Crippen LogP contribution in [0.5, 0.6) is 0 Å². The molecular formula is C13H22N4O. The summed E-state index contributed by atoms with van der Waals surface area (Å²) in [5.74, 6) is 3.39. The van der Waals surface area contributed by atoms with Crippen LogP contribution >= 0.6 is 0 Å². The van der Waals surface area contributed by atoms with Crippen molar-refractivity contribution < 1.29 is 4.74 Å². The third kappa shape index (κ3) is 4.14. The highest BCUT2D eigenvalue weighted by molar-refractivity contribution is 5.47. The summed E-state index contributed by atoms with van der Waals surface area (Å²) in [5, 5.41) is 6.32. The van der Waals surface area contributed by atoms with Crippen molar-refractivity contribution in [3.05, 3.63) is 11.9 Å². The van der Waals surface area contributed by atoms with E-state index >= 15 is 0 Å². The van der Waals surface area contributed by atoms with E-state index in [-0.39, 0.29) is 0 Å². The van der Waals surface area contributed by atoms with Crippen molar-refractivity contribution in [1.82, 2.24) is 9.97 Å². The van der Waals surface area contributed by atoms with Crippen molar-refractivity contribution in [1.29, 1.82) is 0 Å². The monoisotopic (exact) mass is 250 g/mol. The van der Waals surface area contributed by atoms with Crippen LogP contribution in [0.15, 0.2) is 6.07 Å². The fourth-order valence-corrected chi connectivity index (χ4v) is 1.66. The molecule has 1 aromatic heterocycles. The van der Waals surface area contributed by atoms with Crippen molar-refractivity contribution >= 4 is 11.6 Å². The van der Waals surface area contributed by atoms with Gasteiger partial charge in [0.25, 0.3) is 0 Å². The number of hydrogen-bond acceptors (Lipinski definition) is 5. The fraction of sp³-hybridized carbons (Fsp3) is 0.692. The van der Waals surface area contributed by atoms with E-state index in [1.54, 1.807) is 0 Å². The molecule has 0 aromatic carbocycles. The molecule has 1 aliphatic rings. The van der Waals surface area contributed by atoms with Crippen LogP contribution in [0.4, 0.5) is 11.6 Å². The predicted molar refractivity (Wildman–Crippen MR) is 73.0 cm³/mol. The molecule has 0 unspecified atom stereocenters. The molecule has 0 amide bonds. The van der Waals surface area contributed by atoms with Gasteiger partial charge in [-0.1, -0.05) is 6.92 Å². The van der Waals surface area contributed by atoms with Crippen molar-refractivity contribution in [2.24, 2.45) is 5.92 Å². The third-order valence-corrected chi connectivity index (χ3v) is 2.95. The smallest absolute Gasteiger partial charge is 0.132 e. The normalized spacial score (nSPS) is 14.6. The van der Waals surface area contributed by atoms with Crippen LogP contribution in [0.2, 0.25) is 0 Å². The zero-order valence-corrected chi connectivity index (χ0v) is 11.2. The van der Waals surface area contributed by atoms with Crippen LogP contribution in [0, 0.1) is 5.92 Å². The van der Waals surface area contributed by atoms with Crippen LogP contribution in [-0.4, -0.2) is 36.8 Å². The van der Waals surface area contributed by atoms with E-state index in [1.807, 2.05) is 13.1 Å². The minimum absolute atomic E-state index is 0.733. The standard InChI is InChI=1S/C13H22N4O/c1-3-11-16-12(14-2)8-13(17-11)15-6-7-18-9-10-4-5-10/h8,10H,3-7,9H2,1-2H3,(H2,14,15,16,17). The van der Waals surface area contributed by atoms with Gasteiger partial charge in [0.2, 0.25) is 0 Å². The Morgan fingerprint density at radius 1 is 1.33 bits per heavy atom. The van der Waals surface area contributed by atoms with E-state index in [0.29, 0.717) is 0 Å². The molecule has 100 valence electrons. The summed E-state index contributed by atoms with van der Waals surface area (Å²) in [7, 11) is 1.87. The zero-order valence-electron chi connectivity index (χ0n) is 11.2. The molecule has 1 heterocycles. The predicted octanol–water partition coefficient (Wildman–Crippen LogP) is 1.92. The Morgan fingerprint density at radius 3 is 2.78 bits per heavy atom. The highest BCUT2D eigenvalue weighted by Crippen LogP contribution is 2.28. The van der Waals surface area contributed by atoms with Gasteiger partial charge in [0, 0.05) is 32.7 Å². The van der Waals surface area contributed by atoms with Crippen LogP contribution in [0.25, 0.3) is 0 Å². The molecule has 1 fully saturated rings. The second-order valence-corrected chi connectivity index (χ2v) is 4.60. The molecule has 18 heavy (non-hydrogen) atoms. The Morgan fingerprint density at radius 2 is 2.11 bits per heavy atom. The minimum atomic E-state index is 0.733. The summed E-state index contributed by atoms with van der Waals surface area (Å²) < 4.78 is 5.57. The average Bonchev–Trinajstić information content (AvgIpc) is 3.22. The van der Waals surface area contributed by atoms with E-state index in [4.69, 9.17) is 4.74 Å². The second-order valence-electron chi connectivity index (χ2n) is 4.60. The lowest BCUT2D eigenvalue weighted by molar-refractivity contribution is 0.134. The first-order valence-corrected chi connectivity index (χ1v) is 6.69. The summed E-state index contributed by atoms with van der Waals surface area (Å²) in [6, 6.07) is 1.92. The number of nitrogens with one attached hydrogen (secondary N) is 2. The molecule has 0 spiro atoms. The largest absolute Gasteiger partial charge is 0.379 e. The average molecular weight is 250 g/mol. The highest BCUT2D eigenvalue weighted by atomic mass is 16.5. The molecular weight excluding hydrogens is 228 g/mol. The van der Waals surface area contributed by atoms with Crippen LogP contribution in [-0.2, 0) is 11.2 Å². The van der Waals surface area contributed by atoms with Gasteiger partial charge in [0.05, 0.1) is 6.61 Å². The lowest BCUT2D eigenvalue weighted by atomic mass is 10.4. The molecule has 0 atom stereocenters. The van der Waals surface area contributed by atoms with Gasteiger partial charge >= 0.3 is 0 Å². The number of aromatic nitrogens is 2. The lowest BCUT2D eigenvalue weighted by Gasteiger charge is -2.09. The summed E-state index contributed by atoms with van der Waals surface area (Å²) in [4.78, 5) is 8.78. The Bertz CT molecular complexity index is 357. The lowest BCUT2D eigenvalue weighted by Crippen LogP contribution is -2.13. The maximum Gasteiger partial charge on any atom is 0.132 e. The molecule has 0 bridgehead atoms. The number of hydrogen-bond donors (Lipinski definition) is 2. The molecule has 1 aromatic rings. The fourth-order valence-electron chi connectivity index (χ4n) is 1.66. The molecule has 5 heteroatoms. The Labute approximate surface area is 108 Å². The second kappa shape index (κ2) is 6.54. The molecule has 1 aliphatic carbocycles. The summed E-state index contributed by atoms with van der Waals surface area (Å²) >= 11 is 0. The summed E-state index contributed by atoms with van der Waals surface area (Å²) in [5.41, 5.74) is 0. The van der Waals surface area contributed by atoms with E-state index in [1.165, 1.54) is 12.8 Å². The van der Waals surface area contributed by atoms with Gasteiger partial charge in [-0.15, -0.1) is 0 Å². The van der Waals surface area contributed by atoms with Crippen molar-refractivity contribution in [3.8, 4) is 0 Å². The highest BCUT2D eigenvalue weighted by Gasteiger charge is 2.20. The molecule has 0 saturated heterocycles. The first kappa shape index (κ1) is 13.1. The van der Waals surface area contributed by atoms with Gasteiger partial charge in [0.1, 0.15) is 17.5 Å². The van der Waals surface area contributed by atoms with Crippen LogP contribution < -0.4 is 10.6 Å². The Kier molecular flexibility index (Phi) is 4.75. The Hall–Kier alpha value is -1.36. The first-order valence-electron chi connectivity index (χ1n) is 6.69. The van der Waals surface area contributed by atoms with E-state index in [2.05, 4.69) is 27.5 Å². The van der Waals surface area contributed by atoms with E-state index in [0.717, 1.165) is 49.6 Å². The van der Waals surface area contributed by atoms with Gasteiger partial charge in [-0.05, 0) is 18.8 Å². The molecule has 2 N–H and O–H groups in total. The van der Waals surface area contributed by atoms with Gasteiger partial charge in [-0.3, -0.25) is 0 Å². The van der Waals surface area contributed by atoms with Crippen molar-refractivity contribution in [3.63, 3.8) is 0 Å². The molecule has 1 saturated carbocycles. The number of rotatable bonds is 8. The van der Waals surface area contributed by atoms with Crippen LogP contribution in [0.3, 0.4) is 0 Å². The topological polar surface area (TPSA) is 59.1 Å². The minimum Gasteiger partial charge on any atom is -0.379 e. The van der Waals surface area contributed by atoms with Crippen LogP contribution in [0.1, 0.15) is 25.6 Å². The van der Waals surface area contributed by atoms with Gasteiger partial charge in [-0.2, -0.15) is 0 Å². The summed E-state index contributed by atoms with van der Waals surface area (Å²) in [6.07, 6.45) is 3.51. The SMILES string of the molecule is CCc1nc(NC)cc(NCCOCC2CC2)n1. The number of nitrogens with zero attached hydrogens (tertiary/aromatic N) is 2. The quantitative estimate of drug-likeness (QED) is 0.690. The first-order chi connectivity index (χ1) is 8.81. The number of aryl methyl sites for hydroxylation is 1. The zero-order chi connectivity index (χ0) is 12.8. The molecule has 2 rings (SSSR count). The van der Waals surface area contributed by atoms with E-state index < -0.39 is 0 Å². The van der Waals surface area contributed by atoms with Crippen molar-refractivity contribution in [2.75, 3.05) is 37.4 Å². The number of anilines is 2. The van der Waals surface area contributed by atoms with Gasteiger partial charge in [-0.25, -0.2) is 9.97 Å². The third-order valence-electron chi connectivity index (χ3n) is 2.95. The number of ether oxygens (including phenoxy) is 1. The van der Waals surface area contributed by atoms with Gasteiger partial charge < -0.3 is 15.4 Å². The van der Waals surface area contributed by atoms with Gasteiger partial charge in [0.15, 0.2) is 0 Å². The van der Waals surface area contributed by atoms with Crippen molar-refractivity contribution in [2.45, 2.75) is 26.2 Å². The van der Waals surface area contributed by atoms with E-state index in [9.17, 15) is 0 Å². The molecule has 5 nitrogen and oxygen atoms in total. The molecule has 0 aliphatic heterocycles. The maximum atomic E-state index is 5.57. The maximum absolute atomic E-state index is 5.57. The Balaban J connectivity index is 1.75.